The quantitative estimate of drug-likeness (QED) is 0.0682. The van der Waals surface area contributed by atoms with E-state index in [1.807, 2.05) is 54.1 Å². The van der Waals surface area contributed by atoms with Crippen molar-refractivity contribution in [2.24, 2.45) is 0 Å². The summed E-state index contributed by atoms with van der Waals surface area (Å²) in [6.45, 7) is 15.4. The molecule has 0 saturated heterocycles. The maximum Gasteiger partial charge on any atom is 0.100 e. The second-order valence-electron chi connectivity index (χ2n) is 10.2. The van der Waals surface area contributed by atoms with E-state index in [1.165, 1.54) is 19.4 Å². The van der Waals surface area contributed by atoms with Gasteiger partial charge in [-0.3, -0.25) is 0 Å². The molecule has 0 amide bonds. The number of thiazole rings is 2. The Morgan fingerprint density at radius 3 is 1.46 bits per heavy atom. The number of aromatic nitrogens is 2. The van der Waals surface area contributed by atoms with E-state index in [2.05, 4.69) is 88.6 Å². The monoisotopic (exact) mass is 652 g/mol. The molecule has 0 spiro atoms. The van der Waals surface area contributed by atoms with Crippen molar-refractivity contribution in [3.8, 4) is 0 Å². The number of nitrogens with zero attached hydrogens (tertiary/aromatic N) is 2. The van der Waals surface area contributed by atoms with Crippen LogP contribution < -0.4 is 0 Å². The highest BCUT2D eigenvalue weighted by atomic mass is 33.5. The van der Waals surface area contributed by atoms with Gasteiger partial charge in [0.2, 0.25) is 0 Å². The van der Waals surface area contributed by atoms with Crippen LogP contribution in [0.3, 0.4) is 0 Å². The Balaban J connectivity index is 1.45. The van der Waals surface area contributed by atoms with Gasteiger partial charge < -0.3 is 9.47 Å². The normalized spacial score (nSPS) is 15.4. The molecule has 4 nitrogen and oxygen atoms in total. The van der Waals surface area contributed by atoms with Crippen molar-refractivity contribution >= 4 is 92.1 Å². The predicted molar refractivity (Wildman–Crippen MR) is 186 cm³/mol. The molecule has 11 heteroatoms. The largest absolute Gasteiger partial charge is 0.382 e. The fourth-order valence-electron chi connectivity index (χ4n) is 4.88. The number of hydrogen-bond donors (Lipinski definition) is 0. The minimum Gasteiger partial charge on any atom is -0.382 e. The second-order valence-corrected chi connectivity index (χ2v) is 23.0. The molecule has 0 radical (unpaired) electrons. The van der Waals surface area contributed by atoms with Crippen LogP contribution in [0.2, 0.25) is 26.2 Å². The van der Waals surface area contributed by atoms with Gasteiger partial charge in [-0.15, -0.1) is 22.7 Å². The molecule has 2 aromatic heterocycles. The number of ether oxygens (including phenoxy) is 2. The average molecular weight is 653 g/mol. The first-order valence-electron chi connectivity index (χ1n) is 13.8. The van der Waals surface area contributed by atoms with E-state index >= 15 is 0 Å². The molecule has 0 fully saturated rings. The number of hydrogen-bond acceptors (Lipinski definition) is 9. The van der Waals surface area contributed by atoms with Crippen LogP contribution in [0, 0.1) is 0 Å². The average Bonchev–Trinajstić information content (AvgIpc) is 3.55. The zero-order valence-corrected chi connectivity index (χ0v) is 30.1. The van der Waals surface area contributed by atoms with Gasteiger partial charge in [0.05, 0.1) is 49.5 Å². The summed E-state index contributed by atoms with van der Waals surface area (Å²) >= 11 is 3.68. The van der Waals surface area contributed by atoms with Crippen LogP contribution in [0.4, 0.5) is 0 Å². The lowest BCUT2D eigenvalue weighted by Gasteiger charge is -2.28. The number of para-hydroxylation sites is 2. The molecule has 0 aliphatic rings. The Morgan fingerprint density at radius 1 is 0.692 bits per heavy atom. The van der Waals surface area contributed by atoms with Gasteiger partial charge >= 0.3 is 0 Å². The van der Waals surface area contributed by atoms with Crippen molar-refractivity contribution < 1.29 is 9.47 Å². The van der Waals surface area contributed by atoms with Gasteiger partial charge in [-0.05, 0) is 47.9 Å². The van der Waals surface area contributed by atoms with E-state index in [4.69, 9.17) is 19.4 Å². The summed E-state index contributed by atoms with van der Waals surface area (Å²) in [7, 11) is 3.74. The Bertz CT molecular complexity index is 1140. The zero-order valence-electron chi connectivity index (χ0n) is 23.7. The standard InChI is InChI=1S/C28H40N2O2S5Si2/c1-7-31-27(38(3)4)19(25-29-21-13-9-11-15-23(21)35-25)17-33-37-34-18-20(28(32-8-2)39(5)6)26-30-22-14-10-12-16-24(22)36-26/h9-16,19-20,27-28,38-39H,7-8,17-18H2,1-6H3. The van der Waals surface area contributed by atoms with E-state index in [1.54, 1.807) is 0 Å². The molecule has 4 atom stereocenters. The van der Waals surface area contributed by atoms with Gasteiger partial charge in [0.25, 0.3) is 0 Å². The van der Waals surface area contributed by atoms with Crippen LogP contribution in [0.5, 0.6) is 0 Å². The summed E-state index contributed by atoms with van der Waals surface area (Å²) in [6, 6.07) is 17.0. The summed E-state index contributed by atoms with van der Waals surface area (Å²) in [4.78, 5) is 10.1. The lowest BCUT2D eigenvalue weighted by atomic mass is 10.2. The molecular weight excluding hydrogens is 613 g/mol. The minimum absolute atomic E-state index is 0.290. The van der Waals surface area contributed by atoms with Crippen LogP contribution in [-0.4, -0.2) is 63.7 Å². The Labute approximate surface area is 256 Å². The first kappa shape index (κ1) is 31.6. The highest BCUT2D eigenvalue weighted by Crippen LogP contribution is 2.44. The van der Waals surface area contributed by atoms with Crippen LogP contribution >= 0.6 is 54.1 Å². The molecule has 0 aliphatic heterocycles. The topological polar surface area (TPSA) is 44.2 Å². The zero-order chi connectivity index (χ0) is 27.8. The third-order valence-corrected chi connectivity index (χ3v) is 17.3. The van der Waals surface area contributed by atoms with E-state index in [0.717, 1.165) is 35.8 Å². The van der Waals surface area contributed by atoms with Gasteiger partial charge in [0.1, 0.15) is 10.0 Å². The second kappa shape index (κ2) is 15.7. The van der Waals surface area contributed by atoms with Crippen LogP contribution in [-0.2, 0) is 9.47 Å². The Morgan fingerprint density at radius 2 is 1.10 bits per heavy atom. The third kappa shape index (κ3) is 8.35. The van der Waals surface area contributed by atoms with Crippen molar-refractivity contribution in [3.63, 3.8) is 0 Å². The molecule has 4 rings (SSSR count). The Kier molecular flexibility index (Phi) is 12.7. The number of rotatable bonds is 16. The van der Waals surface area contributed by atoms with Crippen LogP contribution in [0.1, 0.15) is 35.7 Å². The van der Waals surface area contributed by atoms with Crippen molar-refractivity contribution in [1.29, 1.82) is 0 Å². The lowest BCUT2D eigenvalue weighted by Crippen LogP contribution is -2.35. The maximum absolute atomic E-state index is 6.36. The van der Waals surface area contributed by atoms with E-state index < -0.39 is 17.6 Å². The summed E-state index contributed by atoms with van der Waals surface area (Å²) in [5, 5.41) is 2.45. The molecule has 4 aromatic rings. The molecule has 2 heterocycles. The molecule has 39 heavy (non-hydrogen) atoms. The molecule has 0 bridgehead atoms. The Hall–Kier alpha value is -0.376. The maximum atomic E-state index is 6.36. The summed E-state index contributed by atoms with van der Waals surface area (Å²) < 4.78 is 15.3. The van der Waals surface area contributed by atoms with Crippen molar-refractivity contribution in [2.75, 3.05) is 24.7 Å². The molecule has 0 aliphatic carbocycles. The summed E-state index contributed by atoms with van der Waals surface area (Å²) in [5.74, 6) is 2.66. The van der Waals surface area contributed by atoms with Gasteiger partial charge in [0, 0.05) is 36.6 Å². The molecule has 4 unspecified atom stereocenters. The van der Waals surface area contributed by atoms with Gasteiger partial charge in [-0.2, -0.15) is 0 Å². The number of fused-ring (bicyclic) bond motifs is 2. The highest BCUT2D eigenvalue weighted by molar-refractivity contribution is 9.09. The van der Waals surface area contributed by atoms with Crippen LogP contribution in [0.15, 0.2) is 48.5 Å². The highest BCUT2D eigenvalue weighted by Gasteiger charge is 2.32. The fourth-order valence-corrected chi connectivity index (χ4v) is 15.8. The van der Waals surface area contributed by atoms with Crippen LogP contribution in [0.25, 0.3) is 20.4 Å². The van der Waals surface area contributed by atoms with Gasteiger partial charge in [-0.1, -0.05) is 72.0 Å². The predicted octanol–water partition coefficient (Wildman–Crippen LogP) is 8.67. The summed E-state index contributed by atoms with van der Waals surface area (Å²) in [6.07, 6.45) is 0. The SMILES string of the molecule is CCOC(C(CSSSCC(c1nc2ccccc2s1)C(OCC)[SiH](C)C)c1nc2ccccc2s1)[SiH](C)C. The number of benzene rings is 2. The first-order valence-corrected chi connectivity index (χ1v) is 25.2. The van der Waals surface area contributed by atoms with E-state index in [9.17, 15) is 0 Å². The smallest absolute Gasteiger partial charge is 0.100 e. The van der Waals surface area contributed by atoms with Crippen molar-refractivity contribution in [2.45, 2.75) is 63.3 Å². The van der Waals surface area contributed by atoms with Crippen molar-refractivity contribution in [1.82, 2.24) is 9.97 Å². The molecule has 212 valence electrons. The summed E-state index contributed by atoms with van der Waals surface area (Å²) in [5.41, 5.74) is 2.79. The lowest BCUT2D eigenvalue weighted by molar-refractivity contribution is 0.0998. The van der Waals surface area contributed by atoms with E-state index in [-0.39, 0.29) is 0 Å². The first-order chi connectivity index (χ1) is 18.9. The molecule has 2 aromatic carbocycles. The van der Waals surface area contributed by atoms with Gasteiger partial charge in [0.15, 0.2) is 0 Å². The third-order valence-electron chi connectivity index (χ3n) is 6.67. The minimum atomic E-state index is -1.04. The van der Waals surface area contributed by atoms with Crippen molar-refractivity contribution in [3.05, 3.63) is 58.5 Å². The molecule has 0 N–H and O–H groups in total. The molecule has 0 saturated carbocycles. The van der Waals surface area contributed by atoms with E-state index in [0.29, 0.717) is 23.3 Å². The fraction of sp³-hybridized carbons (Fsp3) is 0.500. The van der Waals surface area contributed by atoms with Gasteiger partial charge in [-0.25, -0.2) is 9.97 Å². The molecular formula is C28H40N2O2S5Si2.